The largest absolute Gasteiger partial charge is 0.453 e. The zero-order chi connectivity index (χ0) is 44.9. The monoisotopic (exact) mass is 862 g/mol. The van der Waals surface area contributed by atoms with Crippen LogP contribution in [0.2, 0.25) is 0 Å². The maximum Gasteiger partial charge on any atom is 0.408 e. The third-order valence-electron chi connectivity index (χ3n) is 12.4. The van der Waals surface area contributed by atoms with E-state index in [1.54, 1.807) is 20.8 Å². The van der Waals surface area contributed by atoms with Crippen molar-refractivity contribution in [3.8, 4) is 11.1 Å². The predicted octanol–water partition coefficient (Wildman–Crippen LogP) is 9.39. The van der Waals surface area contributed by atoms with Crippen LogP contribution in [0.25, 0.3) is 54.7 Å². The molecule has 2 aliphatic heterocycles. The number of methoxy groups -OCH3 is 1. The van der Waals surface area contributed by atoms with Gasteiger partial charge in [0.05, 0.1) is 41.3 Å². The van der Waals surface area contributed by atoms with Crippen LogP contribution in [0.3, 0.4) is 0 Å². The molecule has 64 heavy (non-hydrogen) atoms. The number of aromatic nitrogens is 4. The number of imidazole rings is 2. The van der Waals surface area contributed by atoms with E-state index in [1.165, 1.54) is 7.11 Å². The lowest BCUT2D eigenvalue weighted by Gasteiger charge is -2.29. The molecule has 0 saturated carbocycles. The number of hydrogen-bond acceptors (Lipinski definition) is 8. The number of likely N-dealkylation sites (tertiary alicyclic amines) is 2. The standard InChI is InChI=1S/C50H54N8O6/c1-28(2)40(55-48(61)63-6)46(59)57-24-10-14-38(57)44-51-36-22-18-32-26-30(16-20-34(32)42(36)53-44)31-17-21-35-33(27-31)19-23-37-43(35)54-45(52-37)39-15-11-25-58(39)47(60)41(29-12-8-7-9-13-29)56-49(62)64-50(3,4)5/h7-9,12-13,16-23,26-28,38-41H,10-11,14-15,24-25H2,1-6H3,(H,51,53)(H,52,54)(H,55,61)(H,56,62)/t38?,39?,40-,41+/m0/s1. The zero-order valence-corrected chi connectivity index (χ0v) is 37.0. The van der Waals surface area contributed by atoms with Crippen LogP contribution >= 0.6 is 0 Å². The Kier molecular flexibility index (Phi) is 11.2. The second-order valence-electron chi connectivity index (χ2n) is 18.3. The second kappa shape index (κ2) is 17.0. The molecule has 5 aromatic carbocycles. The Morgan fingerprint density at radius 2 is 1.22 bits per heavy atom. The Labute approximate surface area is 371 Å². The first kappa shape index (κ1) is 42.3. The lowest BCUT2D eigenvalue weighted by molar-refractivity contribution is -0.136. The van der Waals surface area contributed by atoms with Gasteiger partial charge in [-0.3, -0.25) is 9.59 Å². The average molecular weight is 863 g/mol. The van der Waals surface area contributed by atoms with Gasteiger partial charge in [0.1, 0.15) is 29.3 Å². The number of rotatable bonds is 9. The number of ether oxygens (including phenoxy) is 2. The van der Waals surface area contributed by atoms with Gasteiger partial charge in [0, 0.05) is 23.9 Å². The molecule has 4 atom stereocenters. The van der Waals surface area contributed by atoms with Crippen molar-refractivity contribution >= 4 is 67.6 Å². The maximum absolute atomic E-state index is 14.3. The normalized spacial score (nSPS) is 17.7. The summed E-state index contributed by atoms with van der Waals surface area (Å²) < 4.78 is 10.3. The Morgan fingerprint density at radius 3 is 1.72 bits per heavy atom. The fourth-order valence-electron chi connectivity index (χ4n) is 9.35. The van der Waals surface area contributed by atoms with Crippen molar-refractivity contribution in [3.63, 3.8) is 0 Å². The Hall–Kier alpha value is -6.96. The van der Waals surface area contributed by atoms with Crippen molar-refractivity contribution in [3.05, 3.63) is 108 Å². The number of alkyl carbamates (subject to hydrolysis) is 2. The number of aromatic amines is 2. The predicted molar refractivity (Wildman–Crippen MR) is 246 cm³/mol. The molecule has 7 aromatic rings. The summed E-state index contributed by atoms with van der Waals surface area (Å²) in [6, 6.07) is 28.2. The molecule has 0 spiro atoms. The fourth-order valence-corrected chi connectivity index (χ4v) is 9.35. The molecule has 330 valence electrons. The highest BCUT2D eigenvalue weighted by molar-refractivity contribution is 6.07. The number of hydrogen-bond donors (Lipinski definition) is 4. The summed E-state index contributed by atoms with van der Waals surface area (Å²) in [6.45, 7) is 10.3. The molecule has 2 saturated heterocycles. The number of carbonyl (C=O) groups is 4. The van der Waals surface area contributed by atoms with Crippen LogP contribution in [0, 0.1) is 5.92 Å². The Bertz CT molecular complexity index is 2920. The summed E-state index contributed by atoms with van der Waals surface area (Å²) in [5, 5.41) is 9.66. The first-order chi connectivity index (χ1) is 30.8. The minimum atomic E-state index is -0.917. The topological polar surface area (TPSA) is 175 Å². The van der Waals surface area contributed by atoms with Gasteiger partial charge in [0.2, 0.25) is 5.91 Å². The van der Waals surface area contributed by atoms with Gasteiger partial charge in [0.25, 0.3) is 5.91 Å². The highest BCUT2D eigenvalue weighted by Crippen LogP contribution is 2.38. The number of nitrogens with one attached hydrogen (secondary N) is 4. The van der Waals surface area contributed by atoms with Crippen LogP contribution in [0.15, 0.2) is 91.0 Å². The molecule has 2 unspecified atom stereocenters. The van der Waals surface area contributed by atoms with Crippen molar-refractivity contribution < 1.29 is 28.7 Å². The molecule has 2 aliphatic rings. The highest BCUT2D eigenvalue weighted by Gasteiger charge is 2.39. The first-order valence-corrected chi connectivity index (χ1v) is 22.1. The summed E-state index contributed by atoms with van der Waals surface area (Å²) in [5.74, 6) is 0.979. The Balaban J connectivity index is 0.963. The molecule has 4 amide bonds. The van der Waals surface area contributed by atoms with Gasteiger partial charge in [-0.05, 0) is 104 Å². The SMILES string of the molecule is COC(=O)N[C@H](C(=O)N1CCCC1c1nc2c(ccc3cc(-c4ccc5c(ccc6[nH]c(C7CCCN7C(=O)[C@H](NC(=O)OC(C)(C)C)c7ccccc7)nc65)c4)ccc32)[nH]1)C(C)C. The molecule has 0 radical (unpaired) electrons. The van der Waals surface area contributed by atoms with Crippen LogP contribution in [0.5, 0.6) is 0 Å². The third kappa shape index (κ3) is 8.20. The molecule has 0 bridgehead atoms. The van der Waals surface area contributed by atoms with Gasteiger partial charge in [-0.1, -0.05) is 80.6 Å². The number of fused-ring (bicyclic) bond motifs is 6. The van der Waals surface area contributed by atoms with Crippen molar-refractivity contribution in [1.29, 1.82) is 0 Å². The van der Waals surface area contributed by atoms with Crippen LogP contribution in [-0.2, 0) is 19.1 Å². The van der Waals surface area contributed by atoms with E-state index in [-0.39, 0.29) is 29.8 Å². The molecular weight excluding hydrogens is 809 g/mol. The molecule has 9 rings (SSSR count). The molecule has 14 nitrogen and oxygen atoms in total. The average Bonchev–Trinajstić information content (AvgIpc) is 4.12. The minimum Gasteiger partial charge on any atom is -0.453 e. The van der Waals surface area contributed by atoms with Crippen molar-refractivity contribution in [2.24, 2.45) is 5.92 Å². The molecule has 0 aliphatic carbocycles. The number of benzene rings is 5. The smallest absolute Gasteiger partial charge is 0.408 e. The number of nitrogens with zero attached hydrogens (tertiary/aromatic N) is 4. The van der Waals surface area contributed by atoms with Crippen LogP contribution in [0.1, 0.15) is 95.6 Å². The van der Waals surface area contributed by atoms with E-state index < -0.39 is 29.9 Å². The van der Waals surface area contributed by atoms with Crippen molar-refractivity contribution in [1.82, 2.24) is 40.4 Å². The highest BCUT2D eigenvalue weighted by atomic mass is 16.6. The maximum atomic E-state index is 14.3. The quantitative estimate of drug-likeness (QED) is 0.111. The van der Waals surface area contributed by atoms with Gasteiger partial charge in [0.15, 0.2) is 0 Å². The molecule has 2 aromatic heterocycles. The molecular formula is C50H54N8O6. The molecule has 2 fully saturated rings. The van der Waals surface area contributed by atoms with Gasteiger partial charge in [-0.25, -0.2) is 19.6 Å². The van der Waals surface area contributed by atoms with Crippen molar-refractivity contribution in [2.75, 3.05) is 20.2 Å². The Morgan fingerprint density at radius 1 is 0.688 bits per heavy atom. The number of carbonyl (C=O) groups excluding carboxylic acids is 4. The summed E-state index contributed by atoms with van der Waals surface area (Å²) in [7, 11) is 1.30. The van der Waals surface area contributed by atoms with E-state index in [1.807, 2.05) is 66.1 Å². The van der Waals surface area contributed by atoms with E-state index in [4.69, 9.17) is 19.4 Å². The van der Waals surface area contributed by atoms with E-state index >= 15 is 0 Å². The van der Waals surface area contributed by atoms with Gasteiger partial charge in [-0.2, -0.15) is 0 Å². The molecule has 4 N–H and O–H groups in total. The number of H-pyrrole nitrogens is 2. The third-order valence-corrected chi connectivity index (χ3v) is 12.4. The van der Waals surface area contributed by atoms with Crippen LogP contribution < -0.4 is 10.6 Å². The molecule has 14 heteroatoms. The van der Waals surface area contributed by atoms with Crippen LogP contribution in [-0.4, -0.2) is 85.6 Å². The summed E-state index contributed by atoms with van der Waals surface area (Å²) in [6.07, 6.45) is 1.88. The molecule has 4 heterocycles. The minimum absolute atomic E-state index is 0.118. The summed E-state index contributed by atoms with van der Waals surface area (Å²) in [5.41, 5.74) is 5.55. The van der Waals surface area contributed by atoms with Crippen molar-refractivity contribution in [2.45, 2.75) is 90.1 Å². The lowest BCUT2D eigenvalue weighted by atomic mass is 9.98. The van der Waals surface area contributed by atoms with Crippen LogP contribution in [0.4, 0.5) is 9.59 Å². The zero-order valence-electron chi connectivity index (χ0n) is 37.0. The van der Waals surface area contributed by atoms with Gasteiger partial charge < -0.3 is 39.9 Å². The lowest BCUT2D eigenvalue weighted by Crippen LogP contribution is -2.51. The van der Waals surface area contributed by atoms with E-state index in [9.17, 15) is 19.2 Å². The van der Waals surface area contributed by atoms with E-state index in [0.29, 0.717) is 24.5 Å². The summed E-state index contributed by atoms with van der Waals surface area (Å²) >= 11 is 0. The van der Waals surface area contributed by atoms with Gasteiger partial charge in [-0.15, -0.1) is 0 Å². The van der Waals surface area contributed by atoms with Gasteiger partial charge >= 0.3 is 12.2 Å². The second-order valence-corrected chi connectivity index (χ2v) is 18.3. The first-order valence-electron chi connectivity index (χ1n) is 22.1. The van der Waals surface area contributed by atoms with E-state index in [2.05, 4.69) is 69.1 Å². The number of amides is 4. The fraction of sp³-hybridized carbons (Fsp3) is 0.360. The van der Waals surface area contributed by atoms with E-state index in [0.717, 1.165) is 86.2 Å². The summed E-state index contributed by atoms with van der Waals surface area (Å²) in [4.78, 5) is 74.0.